The first-order valence-electron chi connectivity index (χ1n) is 5.59. The second-order valence-electron chi connectivity index (χ2n) is 5.75. The Hall–Kier alpha value is -0.440. The summed E-state index contributed by atoms with van der Waals surface area (Å²) in [7, 11) is 1.81. The highest BCUT2D eigenvalue weighted by molar-refractivity contribution is 5.06. The highest BCUT2D eigenvalue weighted by Gasteiger charge is 2.66. The number of ether oxygens (including phenoxy) is 1. The zero-order chi connectivity index (χ0) is 9.97. The zero-order valence-electron chi connectivity index (χ0n) is 8.95. The average molecular weight is 196 g/mol. The Balaban J connectivity index is 2.02. The van der Waals surface area contributed by atoms with Gasteiger partial charge in [0.2, 0.25) is 11.6 Å². The molecule has 2 aliphatic carbocycles. The Bertz CT molecular complexity index is 304. The van der Waals surface area contributed by atoms with Gasteiger partial charge in [-0.1, -0.05) is 0 Å². The van der Waals surface area contributed by atoms with Crippen molar-refractivity contribution in [3.05, 3.63) is 4.91 Å². The highest BCUT2D eigenvalue weighted by Crippen LogP contribution is 2.55. The van der Waals surface area contributed by atoms with Crippen LogP contribution in [0.3, 0.4) is 0 Å². The third-order valence-corrected chi connectivity index (χ3v) is 4.60. The molecule has 3 nitrogen and oxygen atoms in total. The van der Waals surface area contributed by atoms with E-state index in [9.17, 15) is 4.91 Å². The Morgan fingerprint density at radius 2 is 2.14 bits per heavy atom. The van der Waals surface area contributed by atoms with E-state index in [1.807, 2.05) is 7.11 Å². The minimum absolute atomic E-state index is 0.0431. The van der Waals surface area contributed by atoms with Gasteiger partial charge in [0.1, 0.15) is 0 Å². The molecule has 0 aromatic heterocycles. The highest BCUT2D eigenvalue weighted by atomic mass is 16.5. The van der Waals surface area contributed by atoms with Crippen molar-refractivity contribution >= 4 is 0 Å². The molecule has 4 unspecified atom stereocenters. The number of rotatable bonds is 1. The Morgan fingerprint density at radius 1 is 1.36 bits per heavy atom. The van der Waals surface area contributed by atoms with Gasteiger partial charge in [-0.15, -0.1) is 0 Å². The van der Waals surface area contributed by atoms with E-state index in [1.54, 1.807) is 0 Å². The van der Waals surface area contributed by atoms with Crippen molar-refractivity contribution < 1.29 is 9.50 Å². The summed E-state index contributed by atoms with van der Waals surface area (Å²) in [6.45, 7) is 2.12. The summed E-state index contributed by atoms with van der Waals surface area (Å²) in [5.74, 6) is 0.734. The lowest BCUT2D eigenvalue weighted by Gasteiger charge is -2.54. The molecule has 0 aromatic rings. The number of hydrogen-bond acceptors (Lipinski definition) is 2. The van der Waals surface area contributed by atoms with Crippen molar-refractivity contribution in [3.63, 3.8) is 0 Å². The predicted molar refractivity (Wildman–Crippen MR) is 52.1 cm³/mol. The maximum Gasteiger partial charge on any atom is 0.211 e. The lowest BCUT2D eigenvalue weighted by molar-refractivity contribution is -0.694. The van der Waals surface area contributed by atoms with Crippen LogP contribution in [0.4, 0.5) is 0 Å². The van der Waals surface area contributed by atoms with Crippen LogP contribution in [0, 0.1) is 10.8 Å². The third-order valence-electron chi connectivity index (χ3n) is 4.60. The van der Waals surface area contributed by atoms with Crippen LogP contribution in [0.2, 0.25) is 0 Å². The first-order chi connectivity index (χ1) is 6.57. The Kier molecular flexibility index (Phi) is 1.50. The van der Waals surface area contributed by atoms with Crippen molar-refractivity contribution in [2.24, 2.45) is 5.92 Å². The van der Waals surface area contributed by atoms with Gasteiger partial charge in [0, 0.05) is 49.4 Å². The van der Waals surface area contributed by atoms with Gasteiger partial charge >= 0.3 is 0 Å². The monoisotopic (exact) mass is 196 g/mol. The van der Waals surface area contributed by atoms with Gasteiger partial charge < -0.3 is 4.74 Å². The quantitative estimate of drug-likeness (QED) is 0.599. The minimum Gasteiger partial charge on any atom is -0.378 e. The van der Waals surface area contributed by atoms with Gasteiger partial charge in [-0.3, -0.25) is 0 Å². The first kappa shape index (κ1) is 8.84. The van der Waals surface area contributed by atoms with Gasteiger partial charge in [0.25, 0.3) is 0 Å². The maximum atomic E-state index is 12.0. The van der Waals surface area contributed by atoms with E-state index in [2.05, 4.69) is 6.92 Å². The smallest absolute Gasteiger partial charge is 0.211 e. The van der Waals surface area contributed by atoms with Gasteiger partial charge in [-0.2, -0.15) is 0 Å². The zero-order valence-corrected chi connectivity index (χ0v) is 8.95. The number of piperidine rings is 2. The van der Waals surface area contributed by atoms with Crippen molar-refractivity contribution in [3.8, 4) is 0 Å². The molecule has 2 heterocycles. The molecule has 0 amide bonds. The molecule has 4 rings (SSSR count). The van der Waals surface area contributed by atoms with Crippen molar-refractivity contribution in [2.75, 3.05) is 7.11 Å². The molecule has 4 aliphatic rings. The summed E-state index contributed by atoms with van der Waals surface area (Å²) < 4.78 is 7.07. The SMILES string of the molecule is COC12CC3CC(C1)[N+](=O)C(C)(C3)C2. The molecule has 2 saturated heterocycles. The summed E-state index contributed by atoms with van der Waals surface area (Å²) >= 11 is 0. The first-order valence-corrected chi connectivity index (χ1v) is 5.59. The van der Waals surface area contributed by atoms with Crippen molar-refractivity contribution in [1.29, 1.82) is 0 Å². The largest absolute Gasteiger partial charge is 0.378 e. The number of methoxy groups -OCH3 is 1. The lowest BCUT2D eigenvalue weighted by Crippen LogP contribution is -2.66. The molecule has 0 spiro atoms. The van der Waals surface area contributed by atoms with Crippen LogP contribution < -0.4 is 0 Å². The summed E-state index contributed by atoms with van der Waals surface area (Å²) in [5, 5.41) is 0. The van der Waals surface area contributed by atoms with Crippen LogP contribution in [0.1, 0.15) is 39.0 Å². The Labute approximate surface area is 84.4 Å². The molecule has 14 heavy (non-hydrogen) atoms. The Morgan fingerprint density at radius 3 is 2.79 bits per heavy atom. The van der Waals surface area contributed by atoms with E-state index >= 15 is 0 Å². The summed E-state index contributed by atoms with van der Waals surface area (Å²) in [6.07, 6.45) is 5.26. The average Bonchev–Trinajstić information content (AvgIpc) is 2.12. The molecule has 4 bridgehead atoms. The van der Waals surface area contributed by atoms with Crippen molar-refractivity contribution in [1.82, 2.24) is 0 Å². The molecule has 3 heteroatoms. The molecule has 2 aliphatic heterocycles. The third kappa shape index (κ3) is 0.914. The second kappa shape index (κ2) is 2.38. The van der Waals surface area contributed by atoms with E-state index in [0.29, 0.717) is 0 Å². The van der Waals surface area contributed by atoms with E-state index in [1.165, 1.54) is 11.2 Å². The normalized spacial score (nSPS) is 55.4. The fourth-order valence-electron chi connectivity index (χ4n) is 4.30. The number of nitroso groups, excluding NO2 is 1. The molecule has 4 fully saturated rings. The van der Waals surface area contributed by atoms with Gasteiger partial charge in [-0.25, -0.2) is 0 Å². The van der Waals surface area contributed by atoms with E-state index in [4.69, 9.17) is 4.74 Å². The molecule has 0 N–H and O–H groups in total. The van der Waals surface area contributed by atoms with Gasteiger partial charge in [0.15, 0.2) is 0 Å². The summed E-state index contributed by atoms with van der Waals surface area (Å²) in [6, 6.07) is 0.237. The second-order valence-corrected chi connectivity index (χ2v) is 5.75. The minimum atomic E-state index is -0.125. The molecule has 0 aromatic carbocycles. The lowest BCUT2D eigenvalue weighted by atomic mass is 9.57. The fourth-order valence-corrected chi connectivity index (χ4v) is 4.30. The molecular weight excluding hydrogens is 178 g/mol. The molecule has 0 radical (unpaired) electrons. The van der Waals surface area contributed by atoms with E-state index in [0.717, 1.165) is 31.6 Å². The summed E-state index contributed by atoms with van der Waals surface area (Å²) in [5.41, 5.74) is -0.0818. The predicted octanol–water partition coefficient (Wildman–Crippen LogP) is 1.89. The van der Waals surface area contributed by atoms with Gasteiger partial charge in [-0.05, 0) is 12.3 Å². The number of hydrogen-bond donors (Lipinski definition) is 0. The summed E-state index contributed by atoms with van der Waals surface area (Å²) in [4.78, 5) is 12.0. The molecule has 4 atom stereocenters. The molecule has 2 saturated carbocycles. The van der Waals surface area contributed by atoms with Crippen LogP contribution in [-0.2, 0) is 4.74 Å². The molecule has 78 valence electrons. The van der Waals surface area contributed by atoms with Crippen LogP contribution in [0.5, 0.6) is 0 Å². The van der Waals surface area contributed by atoms with Crippen molar-refractivity contribution in [2.45, 2.75) is 56.2 Å². The van der Waals surface area contributed by atoms with Crippen LogP contribution in [0.25, 0.3) is 0 Å². The maximum absolute atomic E-state index is 12.0. The van der Waals surface area contributed by atoms with E-state index < -0.39 is 0 Å². The van der Waals surface area contributed by atoms with Crippen LogP contribution in [-0.4, -0.2) is 29.1 Å². The van der Waals surface area contributed by atoms with Crippen LogP contribution >= 0.6 is 0 Å². The standard InChI is InChI=1S/C11H18NO2/c1-10-4-8-3-9(12(10)13)6-11(5-8,7-10)14-2/h8-9H,3-7H2,1-2H3/q+1. The number of nitrogens with zero attached hydrogens (tertiary/aromatic N) is 1. The fraction of sp³-hybridized carbons (Fsp3) is 1.00. The van der Waals surface area contributed by atoms with Crippen LogP contribution in [0.15, 0.2) is 0 Å². The van der Waals surface area contributed by atoms with Gasteiger partial charge in [0.05, 0.1) is 5.60 Å². The molecular formula is C11H18NO2+. The van der Waals surface area contributed by atoms with E-state index in [-0.39, 0.29) is 17.2 Å². The topological polar surface area (TPSA) is 29.3 Å².